The van der Waals surface area contributed by atoms with Gasteiger partial charge in [0, 0.05) is 6.54 Å². The lowest BCUT2D eigenvalue weighted by Gasteiger charge is -2.35. The van der Waals surface area contributed by atoms with Gasteiger partial charge in [-0.3, -0.25) is 9.59 Å². The molecule has 0 unspecified atom stereocenters. The number of furan rings is 1. The minimum atomic E-state index is -0.830. The van der Waals surface area contributed by atoms with E-state index in [2.05, 4.69) is 12.2 Å². The average Bonchev–Trinajstić information content (AvgIpc) is 2.84. The molecule has 0 radical (unpaired) electrons. The van der Waals surface area contributed by atoms with E-state index in [4.69, 9.17) is 4.42 Å². The number of carboxylic acids is 1. The minimum absolute atomic E-state index is 0.160. The second-order valence-electron chi connectivity index (χ2n) is 5.86. The van der Waals surface area contributed by atoms with Gasteiger partial charge in [-0.2, -0.15) is 0 Å². The number of rotatable bonds is 4. The predicted octanol–water partition coefficient (Wildman–Crippen LogP) is 2.60. The van der Waals surface area contributed by atoms with Gasteiger partial charge in [0.25, 0.3) is 5.91 Å². The van der Waals surface area contributed by atoms with E-state index in [0.29, 0.717) is 24.5 Å². The van der Waals surface area contributed by atoms with Crippen LogP contribution >= 0.6 is 0 Å². The maximum absolute atomic E-state index is 11.9. The van der Waals surface area contributed by atoms with Gasteiger partial charge >= 0.3 is 5.97 Å². The molecule has 1 amide bonds. The molecule has 110 valence electrons. The standard InChI is InChI=1S/C15H21NO4/c1-10-5-7-15(8-6-10,14(18)19)9-16-13(17)12-4-3-11(2)20-12/h3-4,10H,5-9H2,1-2H3,(H,16,17)(H,18,19). The van der Waals surface area contributed by atoms with Crippen LogP contribution in [0.3, 0.4) is 0 Å². The van der Waals surface area contributed by atoms with E-state index in [9.17, 15) is 14.7 Å². The first-order valence-corrected chi connectivity index (χ1v) is 7.01. The van der Waals surface area contributed by atoms with Gasteiger partial charge in [0.05, 0.1) is 5.41 Å². The molecule has 0 atom stereocenters. The molecule has 1 fully saturated rings. The lowest BCUT2D eigenvalue weighted by atomic mass is 9.71. The summed E-state index contributed by atoms with van der Waals surface area (Å²) in [6.45, 7) is 4.06. The van der Waals surface area contributed by atoms with Crippen molar-refractivity contribution >= 4 is 11.9 Å². The quantitative estimate of drug-likeness (QED) is 0.887. The van der Waals surface area contributed by atoms with Gasteiger partial charge in [-0.1, -0.05) is 6.92 Å². The molecule has 0 bridgehead atoms. The molecule has 1 aliphatic rings. The zero-order valence-electron chi connectivity index (χ0n) is 11.9. The summed E-state index contributed by atoms with van der Waals surface area (Å²) in [7, 11) is 0. The number of aliphatic carboxylic acids is 1. The normalized spacial score (nSPS) is 26.2. The molecule has 0 aromatic carbocycles. The molecule has 0 saturated heterocycles. The van der Waals surface area contributed by atoms with Gasteiger partial charge in [0.1, 0.15) is 5.76 Å². The molecule has 1 aromatic heterocycles. The second kappa shape index (κ2) is 5.69. The number of nitrogens with one attached hydrogen (secondary N) is 1. The first kappa shape index (κ1) is 14.6. The molecule has 1 aromatic rings. The fourth-order valence-electron chi connectivity index (χ4n) is 2.67. The molecule has 1 saturated carbocycles. The third-order valence-electron chi connectivity index (χ3n) is 4.24. The van der Waals surface area contributed by atoms with Crippen molar-refractivity contribution in [1.82, 2.24) is 5.32 Å². The summed E-state index contributed by atoms with van der Waals surface area (Å²) in [5.41, 5.74) is -0.830. The van der Waals surface area contributed by atoms with Crippen molar-refractivity contribution in [2.45, 2.75) is 39.5 Å². The summed E-state index contributed by atoms with van der Waals surface area (Å²) in [5, 5.41) is 12.2. The topological polar surface area (TPSA) is 79.5 Å². The van der Waals surface area contributed by atoms with Crippen molar-refractivity contribution < 1.29 is 19.1 Å². The number of carboxylic acid groups (broad SMARTS) is 1. The summed E-state index contributed by atoms with van der Waals surface area (Å²) in [6, 6.07) is 3.31. The number of aryl methyl sites for hydroxylation is 1. The van der Waals surface area contributed by atoms with Crippen LogP contribution in [0.1, 0.15) is 48.9 Å². The van der Waals surface area contributed by atoms with Crippen molar-refractivity contribution in [3.05, 3.63) is 23.7 Å². The van der Waals surface area contributed by atoms with E-state index in [1.165, 1.54) is 0 Å². The van der Waals surface area contributed by atoms with Gasteiger partial charge in [0.2, 0.25) is 0 Å². The Morgan fingerprint density at radius 3 is 2.55 bits per heavy atom. The second-order valence-corrected chi connectivity index (χ2v) is 5.86. The lowest BCUT2D eigenvalue weighted by molar-refractivity contribution is -0.151. The molecule has 2 rings (SSSR count). The number of hydrogen-bond acceptors (Lipinski definition) is 3. The SMILES string of the molecule is Cc1ccc(C(=O)NCC2(C(=O)O)CCC(C)CC2)o1. The molecule has 5 nitrogen and oxygen atoms in total. The highest BCUT2D eigenvalue weighted by Gasteiger charge is 2.41. The van der Waals surface area contributed by atoms with E-state index in [1.807, 2.05) is 0 Å². The van der Waals surface area contributed by atoms with E-state index in [-0.39, 0.29) is 18.2 Å². The third-order valence-corrected chi connectivity index (χ3v) is 4.24. The van der Waals surface area contributed by atoms with E-state index < -0.39 is 11.4 Å². The van der Waals surface area contributed by atoms with Gasteiger partial charge in [-0.15, -0.1) is 0 Å². The van der Waals surface area contributed by atoms with Gasteiger partial charge < -0.3 is 14.8 Å². The Morgan fingerprint density at radius 2 is 2.05 bits per heavy atom. The molecule has 1 heterocycles. The summed E-state index contributed by atoms with van der Waals surface area (Å²) in [5.74, 6) is 0.283. The number of carbonyl (C=O) groups excluding carboxylic acids is 1. The zero-order valence-corrected chi connectivity index (χ0v) is 11.9. The van der Waals surface area contributed by atoms with E-state index >= 15 is 0 Å². The van der Waals surface area contributed by atoms with Crippen LogP contribution in [0.25, 0.3) is 0 Å². The number of amides is 1. The smallest absolute Gasteiger partial charge is 0.311 e. The first-order valence-electron chi connectivity index (χ1n) is 7.01. The highest BCUT2D eigenvalue weighted by atomic mass is 16.4. The van der Waals surface area contributed by atoms with Crippen LogP contribution in [-0.2, 0) is 4.79 Å². The molecule has 5 heteroatoms. The maximum atomic E-state index is 11.9. The minimum Gasteiger partial charge on any atom is -0.481 e. The Bertz CT molecular complexity index is 498. The zero-order chi connectivity index (χ0) is 14.8. The van der Waals surface area contributed by atoms with Crippen LogP contribution in [0, 0.1) is 18.3 Å². The van der Waals surface area contributed by atoms with Gasteiger partial charge in [0.15, 0.2) is 5.76 Å². The Morgan fingerprint density at radius 1 is 1.40 bits per heavy atom. The summed E-state index contributed by atoms with van der Waals surface area (Å²) < 4.78 is 5.24. The Labute approximate surface area is 118 Å². The fraction of sp³-hybridized carbons (Fsp3) is 0.600. The maximum Gasteiger partial charge on any atom is 0.311 e. The van der Waals surface area contributed by atoms with Gasteiger partial charge in [-0.05, 0) is 50.7 Å². The van der Waals surface area contributed by atoms with E-state index in [1.54, 1.807) is 19.1 Å². The highest BCUT2D eigenvalue weighted by Crippen LogP contribution is 2.38. The monoisotopic (exact) mass is 279 g/mol. The Balaban J connectivity index is 1.99. The summed E-state index contributed by atoms with van der Waals surface area (Å²) >= 11 is 0. The van der Waals surface area contributed by atoms with Crippen LogP contribution in [0.4, 0.5) is 0 Å². The molecule has 20 heavy (non-hydrogen) atoms. The highest BCUT2D eigenvalue weighted by molar-refractivity contribution is 5.91. The van der Waals surface area contributed by atoms with Crippen LogP contribution in [0.2, 0.25) is 0 Å². The molecular weight excluding hydrogens is 258 g/mol. The number of carbonyl (C=O) groups is 2. The third kappa shape index (κ3) is 3.03. The van der Waals surface area contributed by atoms with Crippen molar-refractivity contribution in [2.75, 3.05) is 6.54 Å². The average molecular weight is 279 g/mol. The van der Waals surface area contributed by atoms with Gasteiger partial charge in [-0.25, -0.2) is 0 Å². The first-order chi connectivity index (χ1) is 9.43. The molecule has 1 aliphatic carbocycles. The molecular formula is C15H21NO4. The Hall–Kier alpha value is -1.78. The summed E-state index contributed by atoms with van der Waals surface area (Å²) in [6.07, 6.45) is 3.01. The molecule has 2 N–H and O–H groups in total. The van der Waals surface area contributed by atoms with E-state index in [0.717, 1.165) is 12.8 Å². The number of hydrogen-bond donors (Lipinski definition) is 2. The lowest BCUT2D eigenvalue weighted by Crippen LogP contribution is -2.45. The van der Waals surface area contributed by atoms with Crippen LogP contribution in [0.5, 0.6) is 0 Å². The van der Waals surface area contributed by atoms with Crippen molar-refractivity contribution in [1.29, 1.82) is 0 Å². The van der Waals surface area contributed by atoms with Crippen molar-refractivity contribution in [3.8, 4) is 0 Å². The molecule has 0 aliphatic heterocycles. The van der Waals surface area contributed by atoms with Crippen LogP contribution in [-0.4, -0.2) is 23.5 Å². The van der Waals surface area contributed by atoms with Crippen LogP contribution in [0.15, 0.2) is 16.5 Å². The largest absolute Gasteiger partial charge is 0.481 e. The summed E-state index contributed by atoms with van der Waals surface area (Å²) in [4.78, 5) is 23.5. The Kier molecular flexibility index (Phi) is 4.16. The molecule has 0 spiro atoms. The predicted molar refractivity (Wildman–Crippen MR) is 73.5 cm³/mol. The van der Waals surface area contributed by atoms with Crippen molar-refractivity contribution in [3.63, 3.8) is 0 Å². The van der Waals surface area contributed by atoms with Crippen LogP contribution < -0.4 is 5.32 Å². The fourth-order valence-corrected chi connectivity index (χ4v) is 2.67. The van der Waals surface area contributed by atoms with Crippen molar-refractivity contribution in [2.24, 2.45) is 11.3 Å².